The van der Waals surface area contributed by atoms with Crippen molar-refractivity contribution in [1.29, 1.82) is 0 Å². The van der Waals surface area contributed by atoms with Crippen LogP contribution in [0.1, 0.15) is 92.4 Å². The van der Waals surface area contributed by atoms with Gasteiger partial charge in [-0.15, -0.1) is 0 Å². The first-order valence-electron chi connectivity index (χ1n) is 11.7. The van der Waals surface area contributed by atoms with E-state index in [0.717, 1.165) is 38.5 Å². The molecule has 2 aliphatic rings. The Kier molecular flexibility index (Phi) is 8.66. The van der Waals surface area contributed by atoms with Gasteiger partial charge in [-0.25, -0.2) is 8.42 Å². The Morgan fingerprint density at radius 1 is 1.16 bits per heavy atom. The minimum atomic E-state index is -3.48. The van der Waals surface area contributed by atoms with Gasteiger partial charge in [0.2, 0.25) is 0 Å². The maximum absolute atomic E-state index is 12.5. The average Bonchev–Trinajstić information content (AvgIpc) is 2.69. The van der Waals surface area contributed by atoms with Crippen LogP contribution in [0.25, 0.3) is 0 Å². The average molecular weight is 465 g/mol. The zero-order valence-electron chi connectivity index (χ0n) is 20.2. The standard InChI is InChI=1S/C27H41ClO2S/c1-20-12-8-9-14-23(20)17-18-24-15-11-19-27(7,22(24)3)21(2)13-10-16-25(28)31(29,30)26(4,5)6/h16-18,22H,1-2,8-15,19H2,3-7H3/b23-17-,24-18+,25-16-. The zero-order valence-corrected chi connectivity index (χ0v) is 21.8. The highest BCUT2D eigenvalue weighted by atomic mass is 35.5. The fraction of sp³-hybridized carbons (Fsp3) is 0.630. The van der Waals surface area contributed by atoms with Crippen LogP contribution in [0.3, 0.4) is 0 Å². The molecule has 2 rings (SSSR count). The van der Waals surface area contributed by atoms with Crippen LogP contribution in [0.15, 0.2) is 58.0 Å². The van der Waals surface area contributed by atoms with E-state index in [0.29, 0.717) is 12.3 Å². The lowest BCUT2D eigenvalue weighted by atomic mass is 9.61. The third-order valence-corrected chi connectivity index (χ3v) is 10.5. The minimum Gasteiger partial charge on any atom is -0.222 e. The molecule has 31 heavy (non-hydrogen) atoms. The predicted molar refractivity (Wildman–Crippen MR) is 136 cm³/mol. The molecule has 174 valence electrons. The number of sulfone groups is 1. The summed E-state index contributed by atoms with van der Waals surface area (Å²) in [4.78, 5) is 0. The van der Waals surface area contributed by atoms with Crippen molar-refractivity contribution in [2.24, 2.45) is 11.3 Å². The summed E-state index contributed by atoms with van der Waals surface area (Å²) in [6.45, 7) is 18.3. The summed E-state index contributed by atoms with van der Waals surface area (Å²) in [6, 6.07) is 0. The quantitative estimate of drug-likeness (QED) is 0.369. The molecule has 4 heteroatoms. The highest BCUT2D eigenvalue weighted by molar-refractivity contribution is 7.98. The molecule has 2 aliphatic carbocycles. The first-order chi connectivity index (χ1) is 14.3. The number of rotatable bonds is 6. The van der Waals surface area contributed by atoms with Gasteiger partial charge in [-0.3, -0.25) is 0 Å². The van der Waals surface area contributed by atoms with Crippen molar-refractivity contribution < 1.29 is 8.42 Å². The van der Waals surface area contributed by atoms with E-state index in [1.807, 2.05) is 0 Å². The van der Waals surface area contributed by atoms with Crippen LogP contribution < -0.4 is 0 Å². The molecule has 0 aromatic rings. The molecule has 2 fully saturated rings. The minimum absolute atomic E-state index is 0.0232. The molecule has 2 saturated carbocycles. The second-order valence-corrected chi connectivity index (χ2v) is 13.8. The molecule has 0 N–H and O–H groups in total. The first-order valence-corrected chi connectivity index (χ1v) is 13.5. The van der Waals surface area contributed by atoms with E-state index >= 15 is 0 Å². The summed E-state index contributed by atoms with van der Waals surface area (Å²) in [6.07, 6.45) is 15.9. The van der Waals surface area contributed by atoms with Gasteiger partial charge in [0.25, 0.3) is 0 Å². The van der Waals surface area contributed by atoms with Crippen molar-refractivity contribution in [3.8, 4) is 0 Å². The van der Waals surface area contributed by atoms with Gasteiger partial charge in [0.1, 0.15) is 4.36 Å². The molecule has 0 aromatic carbocycles. The van der Waals surface area contributed by atoms with Gasteiger partial charge in [0.05, 0.1) is 4.75 Å². The topological polar surface area (TPSA) is 34.1 Å². The summed E-state index contributed by atoms with van der Waals surface area (Å²) in [5.74, 6) is 0.417. The van der Waals surface area contributed by atoms with Crippen LogP contribution >= 0.6 is 11.6 Å². The molecule has 0 heterocycles. The van der Waals surface area contributed by atoms with Gasteiger partial charge in [-0.2, -0.15) is 0 Å². The van der Waals surface area contributed by atoms with Crippen molar-refractivity contribution in [1.82, 2.24) is 0 Å². The Balaban J connectivity index is 2.09. The molecular formula is C27H41ClO2S. The Labute approximate surface area is 196 Å². The summed E-state index contributed by atoms with van der Waals surface area (Å²) in [5.41, 5.74) is 5.42. The summed E-state index contributed by atoms with van der Waals surface area (Å²) in [5, 5.41) is 0. The van der Waals surface area contributed by atoms with E-state index in [1.54, 1.807) is 26.8 Å². The molecule has 0 saturated heterocycles. The van der Waals surface area contributed by atoms with E-state index in [4.69, 9.17) is 11.6 Å². The molecule has 0 aromatic heterocycles. The van der Waals surface area contributed by atoms with Crippen LogP contribution in [0.5, 0.6) is 0 Å². The van der Waals surface area contributed by atoms with Crippen molar-refractivity contribution in [2.75, 3.05) is 0 Å². The first kappa shape index (κ1) is 26.2. The highest BCUT2D eigenvalue weighted by Crippen LogP contribution is 2.49. The molecule has 0 bridgehead atoms. The van der Waals surface area contributed by atoms with Crippen LogP contribution in [-0.4, -0.2) is 13.2 Å². The number of allylic oxidation sites excluding steroid dienone is 7. The fourth-order valence-electron chi connectivity index (χ4n) is 4.66. The molecule has 2 unspecified atom stereocenters. The molecule has 0 aliphatic heterocycles. The van der Waals surface area contributed by atoms with Crippen molar-refractivity contribution in [3.63, 3.8) is 0 Å². The Bertz CT molecular complexity index is 896. The van der Waals surface area contributed by atoms with Gasteiger partial charge >= 0.3 is 0 Å². The van der Waals surface area contributed by atoms with Gasteiger partial charge in [0, 0.05) is 0 Å². The largest absolute Gasteiger partial charge is 0.222 e. The van der Waals surface area contributed by atoms with E-state index in [1.165, 1.54) is 35.1 Å². The number of hydrogen-bond donors (Lipinski definition) is 0. The molecule has 0 spiro atoms. The maximum Gasteiger partial charge on any atom is 0.193 e. The Hall–Kier alpha value is -1.06. The van der Waals surface area contributed by atoms with E-state index in [2.05, 4.69) is 39.2 Å². The van der Waals surface area contributed by atoms with Crippen molar-refractivity contribution in [3.05, 3.63) is 58.0 Å². The summed E-state index contributed by atoms with van der Waals surface area (Å²) >= 11 is 6.16. The maximum atomic E-state index is 12.5. The number of halogens is 1. The predicted octanol–water partition coefficient (Wildman–Crippen LogP) is 8.43. The fourth-order valence-corrected chi connectivity index (χ4v) is 6.39. The van der Waals surface area contributed by atoms with Gasteiger partial charge < -0.3 is 0 Å². The molecular weight excluding hydrogens is 424 g/mol. The summed E-state index contributed by atoms with van der Waals surface area (Å²) < 4.78 is 24.0. The van der Waals surface area contributed by atoms with Gasteiger partial charge in [-0.1, -0.05) is 73.6 Å². The highest BCUT2D eigenvalue weighted by Gasteiger charge is 2.38. The van der Waals surface area contributed by atoms with E-state index in [-0.39, 0.29) is 9.78 Å². The lowest BCUT2D eigenvalue weighted by molar-refractivity contribution is 0.222. The van der Waals surface area contributed by atoms with Crippen LogP contribution in [-0.2, 0) is 9.84 Å². The van der Waals surface area contributed by atoms with Crippen LogP contribution in [0, 0.1) is 11.3 Å². The second-order valence-electron chi connectivity index (χ2n) is 10.5. The lowest BCUT2D eigenvalue weighted by Gasteiger charge is -2.43. The normalized spacial score (nSPS) is 28.9. The molecule has 2 atom stereocenters. The van der Waals surface area contributed by atoms with E-state index < -0.39 is 14.6 Å². The third-order valence-electron chi connectivity index (χ3n) is 7.42. The lowest BCUT2D eigenvalue weighted by Crippen LogP contribution is -2.32. The Morgan fingerprint density at radius 2 is 1.81 bits per heavy atom. The van der Waals surface area contributed by atoms with Crippen LogP contribution in [0.2, 0.25) is 0 Å². The molecule has 0 radical (unpaired) electrons. The van der Waals surface area contributed by atoms with Crippen molar-refractivity contribution >= 4 is 21.4 Å². The smallest absolute Gasteiger partial charge is 0.193 e. The second kappa shape index (κ2) is 10.3. The SMILES string of the molecule is C=C1CCCC/C1=C/C=C1\CCCC(C)(C(=C)CC/C=C(/Cl)S(=O)(=O)C(C)(C)C)C1C. The molecule has 2 nitrogen and oxygen atoms in total. The number of hydrogen-bond acceptors (Lipinski definition) is 2. The zero-order chi connectivity index (χ0) is 23.4. The summed E-state index contributed by atoms with van der Waals surface area (Å²) in [7, 11) is -3.48. The van der Waals surface area contributed by atoms with Gasteiger partial charge in [-0.05, 0) is 95.5 Å². The van der Waals surface area contributed by atoms with E-state index in [9.17, 15) is 8.42 Å². The van der Waals surface area contributed by atoms with Crippen LogP contribution in [0.4, 0.5) is 0 Å². The third kappa shape index (κ3) is 6.05. The Morgan fingerprint density at radius 3 is 2.42 bits per heavy atom. The van der Waals surface area contributed by atoms with Gasteiger partial charge in [0.15, 0.2) is 9.84 Å². The molecule has 0 amide bonds. The van der Waals surface area contributed by atoms with Crippen molar-refractivity contribution in [2.45, 2.75) is 97.2 Å². The monoisotopic (exact) mass is 464 g/mol.